The molecule has 0 spiro atoms. The van der Waals surface area contributed by atoms with Gasteiger partial charge < -0.3 is 4.74 Å². The van der Waals surface area contributed by atoms with Crippen molar-refractivity contribution in [3.05, 3.63) is 35.9 Å². The summed E-state index contributed by atoms with van der Waals surface area (Å²) in [5.41, 5.74) is 3.72. The molecule has 0 radical (unpaired) electrons. The van der Waals surface area contributed by atoms with E-state index in [1.54, 1.807) is 24.3 Å². The first-order valence-electron chi connectivity index (χ1n) is 9.11. The Balaban J connectivity index is 1.74. The molecule has 158 valence electrons. The molecular formula is C19H23FN2O6S. The monoisotopic (exact) mass is 426 g/mol. The minimum atomic E-state index is -3.90. The van der Waals surface area contributed by atoms with Crippen molar-refractivity contribution < 1.29 is 32.3 Å². The average molecular weight is 426 g/mol. The Morgan fingerprint density at radius 2 is 2.03 bits per heavy atom. The van der Waals surface area contributed by atoms with Crippen LogP contribution in [0, 0.1) is 0 Å². The number of carbonyl (C=O) groups is 2. The minimum absolute atomic E-state index is 0.0528. The Morgan fingerprint density at radius 1 is 1.38 bits per heavy atom. The molecule has 1 aromatic rings. The molecule has 2 amide bonds. The van der Waals surface area contributed by atoms with Gasteiger partial charge in [-0.2, -0.15) is 0 Å². The molecule has 1 aromatic carbocycles. The van der Waals surface area contributed by atoms with E-state index < -0.39 is 38.9 Å². The number of alkyl halides is 1. The van der Waals surface area contributed by atoms with Gasteiger partial charge in [0.05, 0.1) is 6.54 Å². The van der Waals surface area contributed by atoms with Gasteiger partial charge in [-0.3, -0.25) is 14.9 Å². The molecule has 1 saturated heterocycles. The Hall–Kier alpha value is -2.46. The summed E-state index contributed by atoms with van der Waals surface area (Å²) in [5.74, 6) is -1.09. The van der Waals surface area contributed by atoms with Gasteiger partial charge in [0.2, 0.25) is 0 Å². The van der Waals surface area contributed by atoms with Gasteiger partial charge in [-0.15, -0.1) is 0 Å². The van der Waals surface area contributed by atoms with Crippen LogP contribution in [0.25, 0.3) is 5.57 Å². The first-order chi connectivity index (χ1) is 13.5. The Bertz CT molecular complexity index is 946. The molecule has 1 heterocycles. The number of ether oxygens (including phenoxy) is 1. The van der Waals surface area contributed by atoms with E-state index in [4.69, 9.17) is 9.94 Å². The molecule has 8 nitrogen and oxygen atoms in total. The van der Waals surface area contributed by atoms with Crippen molar-refractivity contribution in [2.45, 2.75) is 43.2 Å². The summed E-state index contributed by atoms with van der Waals surface area (Å²) in [5, 5.41) is 8.91. The highest BCUT2D eigenvalue weighted by Gasteiger charge is 2.48. The lowest BCUT2D eigenvalue weighted by molar-refractivity contribution is -0.132. The summed E-state index contributed by atoms with van der Waals surface area (Å²) in [4.78, 5) is 25.6. The van der Waals surface area contributed by atoms with Gasteiger partial charge in [0.15, 0.2) is 14.6 Å². The van der Waals surface area contributed by atoms with Crippen LogP contribution in [0.3, 0.4) is 0 Å². The number of rotatable bonds is 6. The highest BCUT2D eigenvalue weighted by molar-refractivity contribution is 7.92. The number of hydrogen-bond donors (Lipinski definition) is 2. The fraction of sp³-hybridized carbons (Fsp3) is 0.474. The molecule has 0 bridgehead atoms. The highest BCUT2D eigenvalue weighted by Crippen LogP contribution is 2.33. The fourth-order valence-corrected chi connectivity index (χ4v) is 4.44. The third-order valence-electron chi connectivity index (χ3n) is 5.50. The summed E-state index contributed by atoms with van der Waals surface area (Å²) < 4.78 is 40.9. The Morgan fingerprint density at radius 3 is 2.55 bits per heavy atom. The SMILES string of the molecule is C[C@@](C[C@H]1CN(c2ccc(C3=CCC(F)C3)cc2)C(=O)O1)(C(=O)NO)S(C)(=O)=O. The molecule has 1 aliphatic carbocycles. The molecule has 1 aliphatic heterocycles. The molecule has 1 unspecified atom stereocenters. The average Bonchev–Trinajstić information content (AvgIpc) is 3.25. The van der Waals surface area contributed by atoms with Crippen LogP contribution in [0.5, 0.6) is 0 Å². The van der Waals surface area contributed by atoms with Crippen LogP contribution < -0.4 is 10.4 Å². The first kappa shape index (κ1) is 21.3. The van der Waals surface area contributed by atoms with Gasteiger partial charge >= 0.3 is 6.09 Å². The molecular weight excluding hydrogens is 403 g/mol. The van der Waals surface area contributed by atoms with Crippen LogP contribution in [0.1, 0.15) is 31.7 Å². The predicted octanol–water partition coefficient (Wildman–Crippen LogP) is 2.23. The molecule has 3 rings (SSSR count). The largest absolute Gasteiger partial charge is 0.444 e. The van der Waals surface area contributed by atoms with Gasteiger partial charge in [-0.1, -0.05) is 18.2 Å². The molecule has 3 atom stereocenters. The lowest BCUT2D eigenvalue weighted by Gasteiger charge is -2.26. The number of hydrogen-bond acceptors (Lipinski definition) is 6. The number of nitrogens with zero attached hydrogens (tertiary/aromatic N) is 1. The number of benzene rings is 1. The maximum Gasteiger partial charge on any atom is 0.414 e. The topological polar surface area (TPSA) is 113 Å². The molecule has 0 saturated carbocycles. The van der Waals surface area contributed by atoms with Gasteiger partial charge in [-0.25, -0.2) is 23.1 Å². The standard InChI is InChI=1S/C19H23FN2O6S/c1-19(17(23)21-25,29(2,26)27)10-16-11-22(18(24)28-16)15-7-4-12(5-8-15)13-3-6-14(20)9-13/h3-5,7-8,14,16,25H,6,9-11H2,1-2H3,(H,21,23)/t14?,16-,19+/m0/s1. The van der Waals surface area contributed by atoms with Crippen molar-refractivity contribution in [1.29, 1.82) is 0 Å². The number of cyclic esters (lactones) is 1. The van der Waals surface area contributed by atoms with E-state index >= 15 is 0 Å². The van der Waals surface area contributed by atoms with Crippen molar-refractivity contribution in [3.63, 3.8) is 0 Å². The summed E-state index contributed by atoms with van der Waals surface area (Å²) in [6, 6.07) is 7.00. The first-order valence-corrected chi connectivity index (χ1v) is 11.0. The Kier molecular flexibility index (Phi) is 5.68. The van der Waals surface area contributed by atoms with Crippen LogP contribution in [0.15, 0.2) is 30.3 Å². The van der Waals surface area contributed by atoms with Gasteiger partial charge in [-0.05, 0) is 36.6 Å². The maximum absolute atomic E-state index is 13.4. The second-order valence-corrected chi connectivity index (χ2v) is 10.0. The third-order valence-corrected chi connectivity index (χ3v) is 7.49. The van der Waals surface area contributed by atoms with E-state index in [9.17, 15) is 22.4 Å². The van der Waals surface area contributed by atoms with E-state index in [1.807, 2.05) is 6.08 Å². The summed E-state index contributed by atoms with van der Waals surface area (Å²) in [6.45, 7) is 1.23. The quantitative estimate of drug-likeness (QED) is 0.533. The molecule has 10 heteroatoms. The van der Waals surface area contributed by atoms with Crippen molar-refractivity contribution in [2.75, 3.05) is 17.7 Å². The van der Waals surface area contributed by atoms with Crippen molar-refractivity contribution >= 4 is 33.1 Å². The zero-order valence-corrected chi connectivity index (χ0v) is 16.9. The van der Waals surface area contributed by atoms with Crippen LogP contribution >= 0.6 is 0 Å². The second kappa shape index (κ2) is 7.75. The number of hydroxylamine groups is 1. The fourth-order valence-electron chi connectivity index (χ4n) is 3.57. The lowest BCUT2D eigenvalue weighted by Crippen LogP contribution is -2.51. The number of amides is 2. The van der Waals surface area contributed by atoms with Crippen LogP contribution in [-0.4, -0.2) is 55.4 Å². The number of carbonyl (C=O) groups excluding carboxylic acids is 2. The van der Waals surface area contributed by atoms with Gasteiger partial charge in [0, 0.05) is 24.8 Å². The van der Waals surface area contributed by atoms with E-state index in [0.29, 0.717) is 18.5 Å². The van der Waals surface area contributed by atoms with Crippen LogP contribution in [-0.2, 0) is 19.4 Å². The highest BCUT2D eigenvalue weighted by atomic mass is 32.2. The number of sulfone groups is 1. The van der Waals surface area contributed by atoms with Gasteiger partial charge in [0.25, 0.3) is 5.91 Å². The Labute approximate surface area is 168 Å². The molecule has 1 fully saturated rings. The van der Waals surface area contributed by atoms with Crippen molar-refractivity contribution in [1.82, 2.24) is 5.48 Å². The summed E-state index contributed by atoms with van der Waals surface area (Å²) in [6.07, 6.45) is 0.827. The zero-order valence-electron chi connectivity index (χ0n) is 16.1. The normalized spacial score (nSPS) is 24.1. The molecule has 29 heavy (non-hydrogen) atoms. The van der Waals surface area contributed by atoms with E-state index in [1.165, 1.54) is 17.3 Å². The molecule has 0 aromatic heterocycles. The summed E-state index contributed by atoms with van der Waals surface area (Å²) in [7, 11) is -3.90. The number of halogens is 1. The predicted molar refractivity (Wildman–Crippen MR) is 104 cm³/mol. The number of anilines is 1. The lowest BCUT2D eigenvalue weighted by atomic mass is 10.0. The second-order valence-electron chi connectivity index (χ2n) is 7.58. The van der Waals surface area contributed by atoms with Gasteiger partial charge in [0.1, 0.15) is 12.3 Å². The third kappa shape index (κ3) is 4.13. The van der Waals surface area contributed by atoms with E-state index in [-0.39, 0.29) is 13.0 Å². The van der Waals surface area contributed by atoms with E-state index in [0.717, 1.165) is 17.4 Å². The van der Waals surface area contributed by atoms with Crippen molar-refractivity contribution in [3.8, 4) is 0 Å². The minimum Gasteiger partial charge on any atom is -0.444 e. The van der Waals surface area contributed by atoms with E-state index in [2.05, 4.69) is 0 Å². The smallest absolute Gasteiger partial charge is 0.414 e. The van der Waals surface area contributed by atoms with Crippen LogP contribution in [0.2, 0.25) is 0 Å². The molecule has 2 N–H and O–H groups in total. The van der Waals surface area contributed by atoms with Crippen molar-refractivity contribution in [2.24, 2.45) is 0 Å². The molecule has 2 aliphatic rings. The number of nitrogens with one attached hydrogen (secondary N) is 1. The zero-order chi connectivity index (χ0) is 21.4. The number of allylic oxidation sites excluding steroid dienone is 2. The maximum atomic E-state index is 13.4. The van der Waals surface area contributed by atoms with Crippen LogP contribution in [0.4, 0.5) is 14.9 Å². The summed E-state index contributed by atoms with van der Waals surface area (Å²) >= 11 is 0.